The van der Waals surface area contributed by atoms with Gasteiger partial charge in [-0.05, 0) is 44.9 Å². The van der Waals surface area contributed by atoms with Gasteiger partial charge in [0.25, 0.3) is 0 Å². The minimum atomic E-state index is -1.14. The van der Waals surface area contributed by atoms with Crippen LogP contribution >= 0.6 is 0 Å². The molecule has 5 nitrogen and oxygen atoms in total. The second kappa shape index (κ2) is 6.27. The number of nitrogens with zero attached hydrogens (tertiary/aromatic N) is 2. The summed E-state index contributed by atoms with van der Waals surface area (Å²) in [4.78, 5) is 7.39. The summed E-state index contributed by atoms with van der Waals surface area (Å²) in [6.45, 7) is 3.85. The molecule has 3 N–H and O–H groups in total. The van der Waals surface area contributed by atoms with Crippen LogP contribution in [0.5, 0.6) is 0 Å². The smallest absolute Gasteiger partial charge is 0.197 e. The number of hydrogen-bond donors (Lipinski definition) is 2. The van der Waals surface area contributed by atoms with E-state index >= 15 is 0 Å². The molecule has 6 heteroatoms. The highest BCUT2D eigenvalue weighted by molar-refractivity contribution is 7.84. The van der Waals surface area contributed by atoms with E-state index < -0.39 is 10.8 Å². The summed E-state index contributed by atoms with van der Waals surface area (Å²) >= 11 is 0. The highest BCUT2D eigenvalue weighted by Gasteiger charge is 2.16. The van der Waals surface area contributed by atoms with E-state index in [1.165, 1.54) is 0 Å². The molecule has 2 rings (SSSR count). The van der Waals surface area contributed by atoms with Crippen LogP contribution in [0.2, 0.25) is 0 Å². The molecule has 1 heterocycles. The summed E-state index contributed by atoms with van der Waals surface area (Å²) in [5, 5.41) is 9.44. The van der Waals surface area contributed by atoms with Crippen LogP contribution in [0.15, 0.2) is 23.4 Å². The van der Waals surface area contributed by atoms with Gasteiger partial charge in [0, 0.05) is 11.4 Å². The molecule has 21 heavy (non-hydrogen) atoms. The third-order valence-corrected chi connectivity index (χ3v) is 4.67. The van der Waals surface area contributed by atoms with E-state index in [4.69, 9.17) is 11.0 Å². The summed E-state index contributed by atoms with van der Waals surface area (Å²) in [5.74, 6) is 0.552. The Morgan fingerprint density at radius 2 is 2.19 bits per heavy atom. The molecule has 1 unspecified atom stereocenters. The largest absolute Gasteiger partial charge is 0.399 e. The first-order chi connectivity index (χ1) is 9.91. The van der Waals surface area contributed by atoms with Crippen LogP contribution in [0, 0.1) is 16.7 Å². The lowest BCUT2D eigenvalue weighted by atomic mass is 9.89. The lowest BCUT2D eigenvalue weighted by Crippen LogP contribution is -2.08. The van der Waals surface area contributed by atoms with Crippen LogP contribution in [-0.4, -0.2) is 19.9 Å². The molecule has 0 spiro atoms. The number of aromatic amines is 1. The lowest BCUT2D eigenvalue weighted by Gasteiger charge is -2.13. The number of aromatic nitrogens is 2. The third kappa shape index (κ3) is 4.05. The van der Waals surface area contributed by atoms with Gasteiger partial charge in [-0.2, -0.15) is 5.26 Å². The maximum Gasteiger partial charge on any atom is 0.197 e. The molecule has 0 radical (unpaired) electrons. The molecule has 0 bridgehead atoms. The SMILES string of the molecule is CC(C)(C#N)CCCCS(=O)c1nc2ccc(N)cc2[nH]1. The Kier molecular flexibility index (Phi) is 4.63. The molecule has 0 aliphatic carbocycles. The topological polar surface area (TPSA) is 95.6 Å². The molecule has 0 saturated carbocycles. The highest BCUT2D eigenvalue weighted by atomic mass is 32.2. The molecule has 1 atom stereocenters. The van der Waals surface area contributed by atoms with Crippen molar-refractivity contribution in [3.63, 3.8) is 0 Å². The van der Waals surface area contributed by atoms with Gasteiger partial charge < -0.3 is 10.7 Å². The highest BCUT2D eigenvalue weighted by Crippen LogP contribution is 2.22. The molecule has 1 aromatic carbocycles. The Balaban J connectivity index is 1.92. The van der Waals surface area contributed by atoms with Crippen molar-refractivity contribution in [1.29, 1.82) is 5.26 Å². The minimum absolute atomic E-state index is 0.307. The number of nitrogens with one attached hydrogen (secondary N) is 1. The van der Waals surface area contributed by atoms with Gasteiger partial charge in [0.2, 0.25) is 0 Å². The van der Waals surface area contributed by atoms with Gasteiger partial charge in [0.15, 0.2) is 5.16 Å². The van der Waals surface area contributed by atoms with Crippen molar-refractivity contribution in [2.75, 3.05) is 11.5 Å². The second-order valence-electron chi connectivity index (χ2n) is 5.82. The number of rotatable bonds is 6. The average molecular weight is 304 g/mol. The molecular formula is C15H20N4OS. The van der Waals surface area contributed by atoms with E-state index in [2.05, 4.69) is 16.0 Å². The first kappa shape index (κ1) is 15.5. The zero-order chi connectivity index (χ0) is 15.5. The van der Waals surface area contributed by atoms with Crippen molar-refractivity contribution in [3.8, 4) is 6.07 Å². The molecule has 2 aromatic rings. The summed E-state index contributed by atoms with van der Waals surface area (Å²) in [7, 11) is -1.14. The summed E-state index contributed by atoms with van der Waals surface area (Å²) in [6, 6.07) is 7.66. The number of imidazole rings is 1. The standard InChI is InChI=1S/C15H20N4OS/c1-15(2,10-16)7-3-4-8-21(20)14-18-12-6-5-11(17)9-13(12)19-14/h5-6,9H,3-4,7-8,17H2,1-2H3,(H,18,19). The van der Waals surface area contributed by atoms with Gasteiger partial charge in [0.05, 0.1) is 33.3 Å². The van der Waals surface area contributed by atoms with Gasteiger partial charge in [-0.15, -0.1) is 0 Å². The fourth-order valence-corrected chi connectivity index (χ4v) is 3.15. The molecular weight excluding hydrogens is 284 g/mol. The minimum Gasteiger partial charge on any atom is -0.399 e. The van der Waals surface area contributed by atoms with Gasteiger partial charge in [-0.3, -0.25) is 4.21 Å². The summed E-state index contributed by atoms with van der Waals surface area (Å²) in [5.41, 5.74) is 7.64. The van der Waals surface area contributed by atoms with E-state index in [0.29, 0.717) is 16.6 Å². The van der Waals surface area contributed by atoms with Crippen LogP contribution in [0.25, 0.3) is 11.0 Å². The molecule has 0 fully saturated rings. The summed E-state index contributed by atoms with van der Waals surface area (Å²) in [6.07, 6.45) is 2.52. The van der Waals surface area contributed by atoms with Crippen LogP contribution in [0.1, 0.15) is 33.1 Å². The van der Waals surface area contributed by atoms with Gasteiger partial charge in [0.1, 0.15) is 0 Å². The zero-order valence-electron chi connectivity index (χ0n) is 12.3. The molecule has 112 valence electrons. The van der Waals surface area contributed by atoms with Crippen LogP contribution in [-0.2, 0) is 10.8 Å². The predicted octanol–water partition coefficient (Wildman–Crippen LogP) is 2.97. The fraction of sp³-hybridized carbons (Fsp3) is 0.467. The van der Waals surface area contributed by atoms with Crippen LogP contribution in [0.4, 0.5) is 5.69 Å². The van der Waals surface area contributed by atoms with E-state index in [9.17, 15) is 4.21 Å². The first-order valence-electron chi connectivity index (χ1n) is 6.96. The van der Waals surface area contributed by atoms with Crippen molar-refractivity contribution in [2.24, 2.45) is 5.41 Å². The van der Waals surface area contributed by atoms with Crippen LogP contribution < -0.4 is 5.73 Å². The molecule has 0 amide bonds. The Labute approximate surface area is 127 Å². The van der Waals surface area contributed by atoms with E-state index in [1.807, 2.05) is 19.9 Å². The lowest BCUT2D eigenvalue weighted by molar-refractivity contribution is 0.432. The number of fused-ring (bicyclic) bond motifs is 1. The van der Waals surface area contributed by atoms with E-state index in [-0.39, 0.29) is 5.41 Å². The zero-order valence-corrected chi connectivity index (χ0v) is 13.2. The van der Waals surface area contributed by atoms with Gasteiger partial charge in [-0.25, -0.2) is 4.98 Å². The maximum atomic E-state index is 12.2. The number of H-pyrrole nitrogens is 1. The fourth-order valence-electron chi connectivity index (χ4n) is 2.06. The maximum absolute atomic E-state index is 12.2. The van der Waals surface area contributed by atoms with E-state index in [1.54, 1.807) is 12.1 Å². The Hall–Kier alpha value is -1.87. The number of unbranched alkanes of at least 4 members (excludes halogenated alkanes) is 1. The number of anilines is 1. The number of benzene rings is 1. The molecule has 1 aromatic heterocycles. The number of hydrogen-bond acceptors (Lipinski definition) is 4. The quantitative estimate of drug-likeness (QED) is 0.633. The molecule has 0 aliphatic heterocycles. The predicted molar refractivity (Wildman–Crippen MR) is 85.0 cm³/mol. The normalized spacial score (nSPS) is 13.2. The second-order valence-corrected chi connectivity index (χ2v) is 7.31. The van der Waals surface area contributed by atoms with Gasteiger partial charge >= 0.3 is 0 Å². The van der Waals surface area contributed by atoms with Crippen molar-refractivity contribution in [3.05, 3.63) is 18.2 Å². The number of nitrogen functional groups attached to an aromatic ring is 1. The van der Waals surface area contributed by atoms with Crippen molar-refractivity contribution >= 4 is 27.5 Å². The van der Waals surface area contributed by atoms with E-state index in [0.717, 1.165) is 30.3 Å². The monoisotopic (exact) mass is 304 g/mol. The van der Waals surface area contributed by atoms with Crippen molar-refractivity contribution in [1.82, 2.24) is 9.97 Å². The molecule has 0 saturated heterocycles. The van der Waals surface area contributed by atoms with Crippen molar-refractivity contribution in [2.45, 2.75) is 38.3 Å². The Morgan fingerprint density at radius 1 is 1.43 bits per heavy atom. The Morgan fingerprint density at radius 3 is 2.90 bits per heavy atom. The van der Waals surface area contributed by atoms with Crippen molar-refractivity contribution < 1.29 is 4.21 Å². The number of nitrogens with two attached hydrogens (primary N) is 1. The molecule has 0 aliphatic rings. The third-order valence-electron chi connectivity index (χ3n) is 3.38. The Bertz CT molecular complexity index is 699. The van der Waals surface area contributed by atoms with Crippen LogP contribution in [0.3, 0.4) is 0 Å². The van der Waals surface area contributed by atoms with Gasteiger partial charge in [-0.1, -0.05) is 6.42 Å². The number of nitriles is 1. The average Bonchev–Trinajstić information content (AvgIpc) is 2.86. The first-order valence-corrected chi connectivity index (χ1v) is 8.28. The summed E-state index contributed by atoms with van der Waals surface area (Å²) < 4.78 is 12.2.